The highest BCUT2D eigenvalue weighted by Crippen LogP contribution is 2.15. The number of aromatic nitrogens is 3. The van der Waals surface area contributed by atoms with Crippen molar-refractivity contribution in [2.24, 2.45) is 0 Å². The lowest BCUT2D eigenvalue weighted by Crippen LogP contribution is -2.15. The van der Waals surface area contributed by atoms with Crippen molar-refractivity contribution in [3.63, 3.8) is 0 Å². The summed E-state index contributed by atoms with van der Waals surface area (Å²) in [5, 5.41) is 27.1. The van der Waals surface area contributed by atoms with Gasteiger partial charge in [-0.2, -0.15) is 0 Å². The first-order valence-corrected chi connectivity index (χ1v) is 5.95. The van der Waals surface area contributed by atoms with Gasteiger partial charge in [-0.25, -0.2) is 9.07 Å². The van der Waals surface area contributed by atoms with Gasteiger partial charge in [0.1, 0.15) is 12.7 Å². The van der Waals surface area contributed by atoms with Crippen LogP contribution in [0.4, 0.5) is 10.1 Å². The second kappa shape index (κ2) is 6.20. The highest BCUT2D eigenvalue weighted by atomic mass is 18.2. The van der Waals surface area contributed by atoms with Crippen LogP contribution in [0.1, 0.15) is 17.3 Å². The van der Waals surface area contributed by atoms with Crippen molar-refractivity contribution in [2.75, 3.05) is 13.3 Å². The number of hydrogen-bond acceptors (Lipinski definition) is 5. The van der Waals surface area contributed by atoms with Gasteiger partial charge in [0.2, 0.25) is 0 Å². The Kier molecular flexibility index (Phi) is 4.36. The number of benzene rings is 1. The number of alkyl halides is 1. The van der Waals surface area contributed by atoms with Gasteiger partial charge in [-0.05, 0) is 5.56 Å². The Hall–Kier alpha value is -2.35. The molecule has 0 saturated heterocycles. The number of nitrogens with zero attached hydrogens (tertiary/aromatic N) is 4. The predicted octanol–water partition coefficient (Wildman–Crippen LogP) is 1.28. The lowest BCUT2D eigenvalue weighted by molar-refractivity contribution is -0.384. The van der Waals surface area contributed by atoms with Gasteiger partial charge < -0.3 is 5.11 Å². The van der Waals surface area contributed by atoms with E-state index in [1.54, 1.807) is 18.3 Å². The van der Waals surface area contributed by atoms with Gasteiger partial charge in [-0.1, -0.05) is 17.3 Å². The standard InChI is InChI=1S/C12H13FN4O3/c13-6-12(8-18)16-7-10(14-15-16)5-9-1-3-11(4-2-9)17(19)20/h1-4,7,12,18H,5-6,8H2/i13-1. The Morgan fingerprint density at radius 2 is 2.10 bits per heavy atom. The third-order valence-corrected chi connectivity index (χ3v) is 2.85. The molecule has 0 fully saturated rings. The Balaban J connectivity index is 2.08. The monoisotopic (exact) mass is 279 g/mol. The Morgan fingerprint density at radius 1 is 1.40 bits per heavy atom. The van der Waals surface area contributed by atoms with E-state index in [4.69, 9.17) is 5.11 Å². The third kappa shape index (κ3) is 3.15. The van der Waals surface area contributed by atoms with E-state index in [1.807, 2.05) is 0 Å². The van der Waals surface area contributed by atoms with Crippen molar-refractivity contribution in [1.29, 1.82) is 0 Å². The molecule has 1 aromatic carbocycles. The highest BCUT2D eigenvalue weighted by molar-refractivity contribution is 5.34. The topological polar surface area (TPSA) is 94.1 Å². The maximum Gasteiger partial charge on any atom is 0.269 e. The number of aliphatic hydroxyl groups is 1. The summed E-state index contributed by atoms with van der Waals surface area (Å²) in [6, 6.07) is 5.37. The molecule has 0 spiro atoms. The van der Waals surface area contributed by atoms with E-state index in [-0.39, 0.29) is 12.3 Å². The van der Waals surface area contributed by atoms with Crippen molar-refractivity contribution >= 4 is 5.69 Å². The van der Waals surface area contributed by atoms with Crippen LogP contribution in [-0.2, 0) is 6.42 Å². The number of hydrogen-bond donors (Lipinski definition) is 1. The van der Waals surface area contributed by atoms with Crippen LogP contribution in [0.5, 0.6) is 0 Å². The zero-order valence-electron chi connectivity index (χ0n) is 10.5. The van der Waals surface area contributed by atoms with E-state index in [2.05, 4.69) is 10.3 Å². The van der Waals surface area contributed by atoms with Gasteiger partial charge in [0.15, 0.2) is 0 Å². The van der Waals surface area contributed by atoms with Gasteiger partial charge in [0, 0.05) is 24.8 Å². The van der Waals surface area contributed by atoms with Crippen molar-refractivity contribution in [3.05, 3.63) is 51.8 Å². The molecule has 0 aliphatic heterocycles. The molecule has 0 aliphatic rings. The second-order valence-electron chi connectivity index (χ2n) is 4.28. The fourth-order valence-electron chi connectivity index (χ4n) is 1.72. The van der Waals surface area contributed by atoms with Crippen LogP contribution in [0, 0.1) is 10.1 Å². The molecule has 2 aromatic rings. The van der Waals surface area contributed by atoms with Crippen molar-refractivity contribution < 1.29 is 14.4 Å². The van der Waals surface area contributed by atoms with Crippen LogP contribution >= 0.6 is 0 Å². The van der Waals surface area contributed by atoms with Crippen molar-refractivity contribution in [3.8, 4) is 0 Å². The summed E-state index contributed by atoms with van der Waals surface area (Å²) in [7, 11) is 0. The summed E-state index contributed by atoms with van der Waals surface area (Å²) in [6.07, 6.45) is 1.99. The number of non-ortho nitro benzene ring substituents is 1. The summed E-state index contributed by atoms with van der Waals surface area (Å²) in [6.45, 7) is -1.08. The van der Waals surface area contributed by atoms with E-state index in [0.29, 0.717) is 12.1 Å². The largest absolute Gasteiger partial charge is 0.394 e. The number of rotatable bonds is 6. The molecule has 1 N–H and O–H groups in total. The lowest BCUT2D eigenvalue weighted by Gasteiger charge is -2.07. The minimum Gasteiger partial charge on any atom is -0.394 e. The first-order valence-electron chi connectivity index (χ1n) is 5.95. The van der Waals surface area contributed by atoms with Crippen LogP contribution in [0.15, 0.2) is 30.5 Å². The fourth-order valence-corrected chi connectivity index (χ4v) is 1.72. The quantitative estimate of drug-likeness (QED) is 0.635. The average Bonchev–Trinajstić information content (AvgIpc) is 2.89. The zero-order chi connectivity index (χ0) is 14.5. The average molecular weight is 279 g/mol. The van der Waals surface area contributed by atoms with Crippen molar-refractivity contribution in [1.82, 2.24) is 15.0 Å². The van der Waals surface area contributed by atoms with Gasteiger partial charge in [0.05, 0.1) is 17.2 Å². The lowest BCUT2D eigenvalue weighted by atomic mass is 10.1. The Bertz CT molecular complexity index is 581. The third-order valence-electron chi connectivity index (χ3n) is 2.85. The van der Waals surface area contributed by atoms with Crippen LogP contribution in [-0.4, -0.2) is 38.3 Å². The molecule has 1 heterocycles. The van der Waals surface area contributed by atoms with Crippen LogP contribution in [0.2, 0.25) is 0 Å². The minimum atomic E-state index is -0.729. The Labute approximate surface area is 113 Å². The number of halogens is 1. The van der Waals surface area contributed by atoms with Crippen LogP contribution in [0.3, 0.4) is 0 Å². The second-order valence-corrected chi connectivity index (χ2v) is 4.28. The summed E-state index contributed by atoms with van der Waals surface area (Å²) in [5.41, 5.74) is 1.46. The van der Waals surface area contributed by atoms with E-state index in [1.165, 1.54) is 16.8 Å². The number of nitro benzene ring substituents is 1. The maximum absolute atomic E-state index is 12.6. The summed E-state index contributed by atoms with van der Waals surface area (Å²) >= 11 is 0. The SMILES string of the molecule is O=[N+]([O-])c1ccc(Cc2cn(C(CO)C[18F])nn2)cc1. The van der Waals surface area contributed by atoms with E-state index < -0.39 is 17.6 Å². The molecule has 7 nitrogen and oxygen atoms in total. The molecule has 2 rings (SSSR count). The first kappa shape index (κ1) is 14.1. The summed E-state index contributed by atoms with van der Waals surface area (Å²) in [4.78, 5) is 10.1. The van der Waals surface area contributed by atoms with E-state index in [0.717, 1.165) is 5.56 Å². The molecule has 1 unspecified atom stereocenters. The molecule has 106 valence electrons. The fraction of sp³-hybridized carbons (Fsp3) is 0.333. The van der Waals surface area contributed by atoms with E-state index in [9.17, 15) is 14.5 Å². The van der Waals surface area contributed by atoms with Crippen LogP contribution in [0.25, 0.3) is 0 Å². The predicted molar refractivity (Wildman–Crippen MR) is 68.0 cm³/mol. The summed E-state index contributed by atoms with van der Waals surface area (Å²) < 4.78 is 13.9. The minimum absolute atomic E-state index is 0.0233. The Morgan fingerprint density at radius 3 is 2.65 bits per heavy atom. The molecule has 0 bridgehead atoms. The van der Waals surface area contributed by atoms with Crippen molar-refractivity contribution in [2.45, 2.75) is 12.5 Å². The molecule has 8 heteroatoms. The molecule has 0 radical (unpaired) electrons. The molecule has 0 amide bonds. The smallest absolute Gasteiger partial charge is 0.269 e. The molecule has 1 aromatic heterocycles. The molecule has 0 aliphatic carbocycles. The van der Waals surface area contributed by atoms with E-state index >= 15 is 0 Å². The molecule has 0 saturated carbocycles. The molecule has 20 heavy (non-hydrogen) atoms. The summed E-state index contributed by atoms with van der Waals surface area (Å²) in [5.74, 6) is 0. The zero-order valence-corrected chi connectivity index (χ0v) is 10.5. The highest BCUT2D eigenvalue weighted by Gasteiger charge is 2.12. The number of aliphatic hydroxyl groups excluding tert-OH is 1. The van der Waals surface area contributed by atoms with Gasteiger partial charge >= 0.3 is 0 Å². The van der Waals surface area contributed by atoms with Gasteiger partial charge in [0.25, 0.3) is 5.69 Å². The maximum atomic E-state index is 12.6. The van der Waals surface area contributed by atoms with Gasteiger partial charge in [-0.3, -0.25) is 10.1 Å². The number of nitro groups is 1. The first-order chi connectivity index (χ1) is 9.63. The molecule has 1 atom stereocenters. The normalized spacial score (nSPS) is 12.3. The van der Waals surface area contributed by atoms with Gasteiger partial charge in [-0.15, -0.1) is 5.10 Å². The molecular formula is C12H13FN4O3. The van der Waals surface area contributed by atoms with Crippen LogP contribution < -0.4 is 0 Å². The molecular weight excluding hydrogens is 266 g/mol.